The molecule has 0 saturated carbocycles. The van der Waals surface area contributed by atoms with Gasteiger partial charge in [0.1, 0.15) is 55.3 Å². The molecule has 0 aliphatic carbocycles. The number of quaternary nitrogens is 1. The normalized spacial score (nSPS) is 14.7. The minimum absolute atomic E-state index is 0. The zero-order valence-electron chi connectivity index (χ0n) is 84.9. The standard InChI is InChI=1S/3C28H25N3O2.C18H19NO2.C16H13N3.CH3F.3BrH.2Na.H2O/c2*1-28(2)26(15-12-21(18-29)19-30-23-9-4-3-5-10-23)31(16-17-33-20-32)25-14-13-22-8-6-7-11-24(22)27(25)28;1-28(2)25(15-12-20(18-29)19-30-22-9-4-3-5-10-22)31(17-16-26(32)33)24-14-13-21-8-6-7-11-23(21)27(24)28;1-12-18(2,3)17-14-7-5-4-6-13(14)8-9-15(17)19(12)11-10-16(20)21;17-11-14(12-18-15-7-3-1-4-8-15)13-19-16-9-5-2-6-10-16;1-2;;;;;;/h2*3-15,19-20H,16-17H2,1-2H3;3-15,19H,16-17H2,1-2H3,(H,32,33);4-9H,10-11H2,1-3H3;1-10,12-13,18H;1H3;3*1H;;;1H2/q;;;;;;;;;2*+1;/p-1/b;;20-12+,25-15+,30-19?;;14-12+,19-13?;;;;;;;/i;;;;;1D;;;;;;. The predicted molar refractivity (Wildman–Crippen MR) is 564 cm³/mol. The van der Waals surface area contributed by atoms with Gasteiger partial charge in [-0.1, -0.05) is 188 Å². The maximum atomic E-state index is 11.3. The van der Waals surface area contributed by atoms with E-state index in [1.165, 1.54) is 60.3 Å². The van der Waals surface area contributed by atoms with Gasteiger partial charge in [0, 0.05) is 126 Å². The van der Waals surface area contributed by atoms with Gasteiger partial charge in [-0.2, -0.15) is 34.8 Å². The summed E-state index contributed by atoms with van der Waals surface area (Å²) in [5.74, 6) is -1.83. The summed E-state index contributed by atoms with van der Waals surface area (Å²) in [5, 5.41) is 77.2. The largest absolute Gasteiger partial charge is 1.00 e. The molecule has 13 aromatic rings. The number of aliphatic carboxylic acids is 2. The van der Waals surface area contributed by atoms with Gasteiger partial charge in [-0.15, -0.1) is 0 Å². The van der Waals surface area contributed by atoms with Crippen molar-refractivity contribution in [1.82, 2.24) is 0 Å². The van der Waals surface area contributed by atoms with Gasteiger partial charge in [0.15, 0.2) is 36.8 Å². The molecule has 738 valence electrons. The van der Waals surface area contributed by atoms with Crippen molar-refractivity contribution in [2.24, 2.45) is 9.98 Å². The van der Waals surface area contributed by atoms with Crippen molar-refractivity contribution < 1.29 is 179 Å². The third-order valence-corrected chi connectivity index (χ3v) is 25.2. The quantitative estimate of drug-likeness (QED) is 0.00576. The third kappa shape index (κ3) is 30.6. The Morgan fingerprint density at radius 3 is 1.13 bits per heavy atom. The van der Waals surface area contributed by atoms with Crippen LogP contribution in [-0.2, 0) is 50.3 Å². The smallest absolute Gasteiger partial charge is 1.00 e. The van der Waals surface area contributed by atoms with Crippen LogP contribution in [0.1, 0.15) is 98.8 Å². The molecule has 4 aliphatic rings. The van der Waals surface area contributed by atoms with Gasteiger partial charge in [-0.25, -0.2) is 0 Å². The molecule has 0 spiro atoms. The van der Waals surface area contributed by atoms with E-state index in [2.05, 4.69) is 248 Å². The molecular weight excluding hydrogens is 2060 g/mol. The van der Waals surface area contributed by atoms with E-state index in [4.69, 9.17) is 21.2 Å². The van der Waals surface area contributed by atoms with Gasteiger partial charge in [0.2, 0.25) is 17.1 Å². The summed E-state index contributed by atoms with van der Waals surface area (Å²) in [7, 11) is -1.00. The Balaban J connectivity index is 0.000000282. The molecule has 147 heavy (non-hydrogen) atoms. The van der Waals surface area contributed by atoms with Crippen LogP contribution in [0.2, 0.25) is 0 Å². The fourth-order valence-electron chi connectivity index (χ4n) is 18.3. The molecule has 4 heterocycles. The molecule has 13 aromatic carbocycles. The van der Waals surface area contributed by atoms with Crippen LogP contribution < -0.4 is 136 Å². The second-order valence-corrected chi connectivity index (χ2v) is 35.3. The number of carbonyl (C=O) groups is 4. The Bertz CT molecular complexity index is 7190. The topological polar surface area (TPSA) is 329 Å². The summed E-state index contributed by atoms with van der Waals surface area (Å²) in [6.45, 7) is 23.1. The van der Waals surface area contributed by atoms with Crippen molar-refractivity contribution in [1.29, 1.82) is 21.0 Å². The Kier molecular flexibility index (Phi) is 48.1. The van der Waals surface area contributed by atoms with Crippen molar-refractivity contribution in [2.45, 2.75) is 96.8 Å². The number of carboxylic acid groups (broad SMARTS) is 2. The number of carbonyl (C=O) groups excluding carboxylic acids is 3. The summed E-state index contributed by atoms with van der Waals surface area (Å²) in [6.07, 6.45) is 19.6. The number of allylic oxidation sites excluding steroid dienone is 11. The molecule has 0 fully saturated rings. The monoisotopic (exact) mass is 2170 g/mol. The molecule has 17 rings (SSSR count). The number of nitrogens with one attached hydrogen (secondary N) is 4. The van der Waals surface area contributed by atoms with Gasteiger partial charge < -0.3 is 96.9 Å². The Morgan fingerprint density at radius 2 is 0.769 bits per heavy atom. The first-order valence-corrected chi connectivity index (χ1v) is 46.1. The number of halogens is 4. The first-order chi connectivity index (χ1) is 68.7. The summed E-state index contributed by atoms with van der Waals surface area (Å²) >= 11 is 0. The van der Waals surface area contributed by atoms with E-state index in [0.29, 0.717) is 61.4 Å². The average Bonchev–Trinajstić information content (AvgIpc) is 1.57. The molecule has 6 N–H and O–H groups in total. The number of alkyl halides is 1. The number of rotatable bonds is 29. The van der Waals surface area contributed by atoms with Crippen LogP contribution in [0.3, 0.4) is 0 Å². The first kappa shape index (κ1) is 120. The number of ether oxygens (including phenoxy) is 2. The SMILES string of the molecule is CC1(C)/C(=C\C=C(/C#N)C=Nc2ccccc2)[NH+](CCC(=O)[O-])c2ccc3ccccc3c21.CC1(C)C(/C=C/C(C#N)=C/Nc2ccccc2)=[N+](CCOC=O)c2ccc3ccccc3c21.CC1(C)C(/C=C/C(C#N)=C/Nc2ccccc2)=[N+](CCOC=O)c2ccc3ccccc3c21.CC1=[N+](CCC(=O)O)c2ccc3ccccc3c2C1(C)C.N#C/C(C=Nc1ccccc1)=C\Nc1ccccc1.[2H]CF.[Br-].[Br-].[Br-].[Na+].[Na+].[OH-]. The molecule has 0 saturated heterocycles. The molecule has 1 unspecified atom stereocenters. The summed E-state index contributed by atoms with van der Waals surface area (Å²) in [5.41, 5.74) is 18.9. The van der Waals surface area contributed by atoms with Crippen LogP contribution in [0.25, 0.3) is 43.1 Å². The minimum Gasteiger partial charge on any atom is -1.00 e. The number of anilines is 3. The van der Waals surface area contributed by atoms with E-state index in [0.717, 1.165) is 84.0 Å². The minimum atomic E-state index is -1.07. The molecule has 0 bridgehead atoms. The van der Waals surface area contributed by atoms with Crippen molar-refractivity contribution in [2.75, 3.05) is 62.5 Å². The van der Waals surface area contributed by atoms with Gasteiger partial charge in [-0.05, 0) is 208 Å². The average molecular weight is 2180 g/mol. The van der Waals surface area contributed by atoms with Crippen LogP contribution in [0.5, 0.6) is 0 Å². The zero-order valence-corrected chi connectivity index (χ0v) is 92.7. The number of fused-ring (bicyclic) bond motifs is 12. The maximum Gasteiger partial charge on any atom is 1.00 e. The predicted octanol–water partition coefficient (Wildman–Crippen LogP) is 7.50. The van der Waals surface area contributed by atoms with Crippen molar-refractivity contribution in [3.05, 3.63) is 403 Å². The van der Waals surface area contributed by atoms with Crippen LogP contribution in [-0.4, -0.2) is 125 Å². The zero-order chi connectivity index (χ0) is 101. The summed E-state index contributed by atoms with van der Waals surface area (Å²) in [4.78, 5) is 53.3. The van der Waals surface area contributed by atoms with Crippen LogP contribution >= 0.6 is 0 Å². The molecule has 0 radical (unpaired) electrons. The van der Waals surface area contributed by atoms with E-state index < -0.39 is 19.1 Å². The molecule has 1 atom stereocenters. The summed E-state index contributed by atoms with van der Waals surface area (Å²) in [6, 6.07) is 107. The number of nitrogens with zero attached hydrogens (tertiary/aromatic N) is 9. The van der Waals surface area contributed by atoms with E-state index in [-0.39, 0.29) is 163 Å². The molecule has 0 aromatic heterocycles. The number of hydrogen-bond donors (Lipinski definition) is 5. The Morgan fingerprint density at radius 1 is 0.442 bits per heavy atom. The van der Waals surface area contributed by atoms with Gasteiger partial charge >= 0.3 is 65.1 Å². The maximum absolute atomic E-state index is 11.3. The van der Waals surface area contributed by atoms with Crippen molar-refractivity contribution in [3.63, 3.8) is 0 Å². The van der Waals surface area contributed by atoms with Crippen LogP contribution in [0.15, 0.2) is 390 Å². The fraction of sp³-hybridized carbons (Fsp3) is 0.185. The number of aliphatic imine (C=N–C) groups is 2. The third-order valence-electron chi connectivity index (χ3n) is 25.2. The number of nitriles is 4. The number of para-hydroxylation sites is 5. The van der Waals surface area contributed by atoms with Gasteiger partial charge in [-0.3, -0.25) is 33.7 Å². The molecule has 0 amide bonds. The second-order valence-electron chi connectivity index (χ2n) is 35.3. The van der Waals surface area contributed by atoms with Gasteiger partial charge in [0.25, 0.3) is 12.9 Å². The first-order valence-electron chi connectivity index (χ1n) is 46.8. The Hall–Kier alpha value is -14.0. The van der Waals surface area contributed by atoms with E-state index in [1.54, 1.807) is 37.1 Å². The van der Waals surface area contributed by atoms with Crippen molar-refractivity contribution in [3.8, 4) is 24.3 Å². The molecule has 28 heteroatoms. The molecule has 4 aliphatic heterocycles. The number of hydrogen-bond acceptors (Lipinski definition) is 17. The number of benzene rings is 13. The molecule has 22 nitrogen and oxygen atoms in total. The van der Waals surface area contributed by atoms with E-state index in [1.807, 2.05) is 206 Å². The van der Waals surface area contributed by atoms with Gasteiger partial charge in [0.05, 0.1) is 70.4 Å². The second kappa shape index (κ2) is 58.9. The summed E-state index contributed by atoms with van der Waals surface area (Å²) < 4.78 is 32.1. The Labute approximate surface area is 936 Å². The fourth-order valence-corrected chi connectivity index (χ4v) is 18.3. The number of carboxylic acids is 2. The van der Waals surface area contributed by atoms with E-state index >= 15 is 0 Å². The van der Waals surface area contributed by atoms with Crippen molar-refractivity contribution >= 4 is 149 Å². The van der Waals surface area contributed by atoms with E-state index in [9.17, 15) is 44.5 Å². The van der Waals surface area contributed by atoms with Crippen LogP contribution in [0.4, 0.5) is 55.6 Å². The van der Waals surface area contributed by atoms with Crippen LogP contribution in [0, 0.1) is 45.3 Å². The molecular formula is C119H114Br3FN13Na2O9+.